The molecule has 5 rings (SSSR count). The molecule has 1 aromatic heterocycles. The van der Waals surface area contributed by atoms with E-state index in [1.165, 1.54) is 0 Å². The minimum atomic E-state index is -0.289. The normalized spacial score (nSPS) is 19.8. The van der Waals surface area contributed by atoms with Gasteiger partial charge in [0.25, 0.3) is 5.91 Å². The van der Waals surface area contributed by atoms with Crippen LogP contribution >= 0.6 is 11.6 Å². The molecule has 0 bridgehead atoms. The van der Waals surface area contributed by atoms with E-state index >= 15 is 0 Å². The van der Waals surface area contributed by atoms with E-state index < -0.39 is 0 Å². The average molecular weight is 533 g/mol. The van der Waals surface area contributed by atoms with Crippen molar-refractivity contribution in [3.8, 4) is 11.5 Å². The standard InChI is InChI=1S/C30H33ClN4O3/c1-4-34-19-26(31)28(32-34)30(36)35-29(21-12-16-24(17-13-21)38-6-3)25-9-7-8-22(27(25)33-35)18-20-10-14-23(15-11-20)37-5-2/h10-19,25,29H,4-9H2,1-3H3/b22-18+. The second-order valence-electron chi connectivity index (χ2n) is 9.43. The molecule has 1 aliphatic heterocycles. The van der Waals surface area contributed by atoms with Crippen molar-refractivity contribution in [2.45, 2.75) is 52.6 Å². The highest BCUT2D eigenvalue weighted by Crippen LogP contribution is 2.45. The number of allylic oxidation sites excluding steroid dienone is 1. The Hall–Kier alpha value is -3.58. The summed E-state index contributed by atoms with van der Waals surface area (Å²) in [5.41, 5.74) is 4.44. The molecule has 7 nitrogen and oxygen atoms in total. The van der Waals surface area contributed by atoms with E-state index in [2.05, 4.69) is 23.3 Å². The van der Waals surface area contributed by atoms with Crippen LogP contribution in [0.3, 0.4) is 0 Å². The van der Waals surface area contributed by atoms with Crippen molar-refractivity contribution >= 4 is 29.3 Å². The van der Waals surface area contributed by atoms with Gasteiger partial charge in [-0.3, -0.25) is 9.48 Å². The molecule has 3 aromatic rings. The highest BCUT2D eigenvalue weighted by Gasteiger charge is 2.44. The van der Waals surface area contributed by atoms with E-state index in [0.29, 0.717) is 24.8 Å². The maximum Gasteiger partial charge on any atom is 0.296 e. The number of carbonyl (C=O) groups is 1. The molecular formula is C30H33ClN4O3. The van der Waals surface area contributed by atoms with Crippen LogP contribution in [-0.2, 0) is 6.54 Å². The maximum atomic E-state index is 13.9. The minimum Gasteiger partial charge on any atom is -0.494 e. The number of hydrogen-bond donors (Lipinski definition) is 0. The summed E-state index contributed by atoms with van der Waals surface area (Å²) in [5.74, 6) is 1.44. The van der Waals surface area contributed by atoms with Gasteiger partial charge in [-0.1, -0.05) is 35.9 Å². The second-order valence-corrected chi connectivity index (χ2v) is 9.84. The number of carbonyl (C=O) groups excluding carboxylic acids is 1. The summed E-state index contributed by atoms with van der Waals surface area (Å²) >= 11 is 6.45. The third kappa shape index (κ3) is 5.20. The SMILES string of the molecule is CCOc1ccc(/C=C2\CCCC3C2=NN(C(=O)c2nn(CC)cc2Cl)C3c2ccc(OCC)cc2)cc1. The Morgan fingerprint density at radius 2 is 1.68 bits per heavy atom. The van der Waals surface area contributed by atoms with Crippen LogP contribution in [0.1, 0.15) is 67.7 Å². The Balaban J connectivity index is 1.53. The number of ether oxygens (including phenoxy) is 2. The molecule has 198 valence electrons. The number of rotatable bonds is 8. The summed E-state index contributed by atoms with van der Waals surface area (Å²) in [7, 11) is 0. The second kappa shape index (κ2) is 11.4. The number of hydrogen-bond acceptors (Lipinski definition) is 5. The Morgan fingerprint density at radius 1 is 1.03 bits per heavy atom. The van der Waals surface area contributed by atoms with Crippen LogP contribution in [0.5, 0.6) is 11.5 Å². The quantitative estimate of drug-likeness (QED) is 0.320. The molecule has 1 saturated carbocycles. The molecule has 0 saturated heterocycles. The van der Waals surface area contributed by atoms with E-state index in [9.17, 15) is 4.79 Å². The van der Waals surface area contributed by atoms with Gasteiger partial charge >= 0.3 is 0 Å². The van der Waals surface area contributed by atoms with Gasteiger partial charge in [0.2, 0.25) is 0 Å². The van der Waals surface area contributed by atoms with Crippen LogP contribution in [0.2, 0.25) is 5.02 Å². The smallest absolute Gasteiger partial charge is 0.296 e. The van der Waals surface area contributed by atoms with E-state index in [1.54, 1.807) is 15.9 Å². The molecular weight excluding hydrogens is 500 g/mol. The minimum absolute atomic E-state index is 0.0756. The zero-order valence-electron chi connectivity index (χ0n) is 22.1. The zero-order chi connectivity index (χ0) is 26.6. The van der Waals surface area contributed by atoms with Crippen LogP contribution in [-0.4, -0.2) is 39.6 Å². The summed E-state index contributed by atoms with van der Waals surface area (Å²) in [6, 6.07) is 15.8. The van der Waals surface area contributed by atoms with Crippen molar-refractivity contribution in [2.75, 3.05) is 13.2 Å². The van der Waals surface area contributed by atoms with Crippen molar-refractivity contribution in [3.63, 3.8) is 0 Å². The van der Waals surface area contributed by atoms with Gasteiger partial charge in [0.15, 0.2) is 5.69 Å². The lowest BCUT2D eigenvalue weighted by Gasteiger charge is -2.29. The first-order valence-corrected chi connectivity index (χ1v) is 13.7. The topological polar surface area (TPSA) is 69.0 Å². The summed E-state index contributed by atoms with van der Waals surface area (Å²) in [4.78, 5) is 13.9. The fourth-order valence-corrected chi connectivity index (χ4v) is 5.50. The van der Waals surface area contributed by atoms with Crippen molar-refractivity contribution in [1.29, 1.82) is 0 Å². The average Bonchev–Trinajstić information content (AvgIpc) is 3.51. The summed E-state index contributed by atoms with van der Waals surface area (Å²) < 4.78 is 12.9. The number of aromatic nitrogens is 2. The molecule has 2 aromatic carbocycles. The Bertz CT molecular complexity index is 1340. The van der Waals surface area contributed by atoms with E-state index in [-0.39, 0.29) is 23.6 Å². The highest BCUT2D eigenvalue weighted by molar-refractivity contribution is 6.33. The van der Waals surface area contributed by atoms with Gasteiger partial charge in [0.05, 0.1) is 30.0 Å². The monoisotopic (exact) mass is 532 g/mol. The van der Waals surface area contributed by atoms with Gasteiger partial charge in [0, 0.05) is 18.7 Å². The lowest BCUT2D eigenvalue weighted by atomic mass is 9.77. The fourth-order valence-electron chi connectivity index (χ4n) is 5.27. The first-order chi connectivity index (χ1) is 18.5. The molecule has 2 atom stereocenters. The first-order valence-electron chi connectivity index (χ1n) is 13.3. The van der Waals surface area contributed by atoms with Gasteiger partial charge in [-0.25, -0.2) is 5.01 Å². The summed E-state index contributed by atoms with van der Waals surface area (Å²) in [6.07, 6.45) is 6.74. The summed E-state index contributed by atoms with van der Waals surface area (Å²) in [5, 5.41) is 11.4. The molecule has 2 aliphatic rings. The summed E-state index contributed by atoms with van der Waals surface area (Å²) in [6.45, 7) is 7.76. The van der Waals surface area contributed by atoms with Gasteiger partial charge in [-0.15, -0.1) is 0 Å². The number of nitrogens with zero attached hydrogens (tertiary/aromatic N) is 4. The van der Waals surface area contributed by atoms with Crippen molar-refractivity contribution in [2.24, 2.45) is 11.0 Å². The molecule has 1 fully saturated rings. The third-order valence-electron chi connectivity index (χ3n) is 7.02. The third-order valence-corrected chi connectivity index (χ3v) is 7.29. The maximum absolute atomic E-state index is 13.9. The number of aryl methyl sites for hydroxylation is 1. The number of amides is 1. The molecule has 0 radical (unpaired) electrons. The highest BCUT2D eigenvalue weighted by atomic mass is 35.5. The lowest BCUT2D eigenvalue weighted by molar-refractivity contribution is 0.0674. The fraction of sp³-hybridized carbons (Fsp3) is 0.367. The van der Waals surface area contributed by atoms with Crippen LogP contribution in [0.15, 0.2) is 65.4 Å². The van der Waals surface area contributed by atoms with Crippen LogP contribution < -0.4 is 9.47 Å². The van der Waals surface area contributed by atoms with Gasteiger partial charge in [-0.05, 0) is 87.1 Å². The number of fused-ring (bicyclic) bond motifs is 1. The molecule has 2 unspecified atom stereocenters. The van der Waals surface area contributed by atoms with E-state index in [0.717, 1.165) is 53.2 Å². The van der Waals surface area contributed by atoms with Gasteiger partial charge < -0.3 is 9.47 Å². The Kier molecular flexibility index (Phi) is 7.84. The van der Waals surface area contributed by atoms with Crippen molar-refractivity contribution in [1.82, 2.24) is 14.8 Å². The Morgan fingerprint density at radius 3 is 2.29 bits per heavy atom. The molecule has 1 aliphatic carbocycles. The molecule has 38 heavy (non-hydrogen) atoms. The van der Waals surface area contributed by atoms with Crippen LogP contribution in [0.25, 0.3) is 6.08 Å². The molecule has 2 heterocycles. The number of halogens is 1. The zero-order valence-corrected chi connectivity index (χ0v) is 22.8. The predicted octanol–water partition coefficient (Wildman–Crippen LogP) is 6.79. The molecule has 0 N–H and O–H groups in total. The molecule has 8 heteroatoms. The number of hydrazone groups is 1. The first kappa shape index (κ1) is 26.0. The van der Waals surface area contributed by atoms with Crippen molar-refractivity contribution < 1.29 is 14.3 Å². The van der Waals surface area contributed by atoms with E-state index in [4.69, 9.17) is 26.2 Å². The van der Waals surface area contributed by atoms with Gasteiger partial charge in [0.1, 0.15) is 11.5 Å². The molecule has 0 spiro atoms. The van der Waals surface area contributed by atoms with Crippen LogP contribution in [0, 0.1) is 5.92 Å². The number of benzene rings is 2. The lowest BCUT2D eigenvalue weighted by Crippen LogP contribution is -2.32. The van der Waals surface area contributed by atoms with Crippen LogP contribution in [0.4, 0.5) is 0 Å². The van der Waals surface area contributed by atoms with Gasteiger partial charge in [-0.2, -0.15) is 10.2 Å². The van der Waals surface area contributed by atoms with E-state index in [1.807, 2.05) is 57.2 Å². The largest absolute Gasteiger partial charge is 0.494 e. The van der Waals surface area contributed by atoms with Crippen molar-refractivity contribution in [3.05, 3.63) is 82.1 Å². The molecule has 1 amide bonds. The predicted molar refractivity (Wildman–Crippen MR) is 150 cm³/mol. The Labute approximate surface area is 228 Å².